The van der Waals surface area contributed by atoms with Gasteiger partial charge >= 0.3 is 0 Å². The predicted octanol–water partition coefficient (Wildman–Crippen LogP) is 0.885. The molecule has 0 saturated carbocycles. The summed E-state index contributed by atoms with van der Waals surface area (Å²) in [6, 6.07) is 5.71. The van der Waals surface area contributed by atoms with Gasteiger partial charge in [-0.25, -0.2) is 4.98 Å². The van der Waals surface area contributed by atoms with Crippen LogP contribution in [0.25, 0.3) is 21.9 Å². The minimum atomic E-state index is -0.535. The lowest BCUT2D eigenvalue weighted by molar-refractivity contribution is -0.118. The Bertz CT molecular complexity index is 1220. The molecule has 0 radical (unpaired) electrons. The van der Waals surface area contributed by atoms with Crippen molar-refractivity contribution in [1.29, 1.82) is 0 Å². The van der Waals surface area contributed by atoms with Crippen LogP contribution in [0.4, 0.5) is 0 Å². The highest BCUT2D eigenvalue weighted by Crippen LogP contribution is 2.26. The van der Waals surface area contributed by atoms with Gasteiger partial charge in [0.15, 0.2) is 5.82 Å². The van der Waals surface area contributed by atoms with Gasteiger partial charge in [-0.2, -0.15) is 4.98 Å². The van der Waals surface area contributed by atoms with Crippen LogP contribution < -0.4 is 11.3 Å². The van der Waals surface area contributed by atoms with Crippen molar-refractivity contribution in [3.05, 3.63) is 52.2 Å². The molecule has 0 bridgehead atoms. The second-order valence-corrected chi connectivity index (χ2v) is 6.18. The summed E-state index contributed by atoms with van der Waals surface area (Å²) in [6.45, 7) is 3.64. The van der Waals surface area contributed by atoms with Crippen LogP contribution in [0, 0.1) is 13.8 Å². The van der Waals surface area contributed by atoms with E-state index in [0.29, 0.717) is 22.7 Å². The molecule has 4 aromatic rings. The highest BCUT2D eigenvalue weighted by molar-refractivity contribution is 6.06. The van der Waals surface area contributed by atoms with E-state index in [2.05, 4.69) is 15.1 Å². The Morgan fingerprint density at radius 3 is 2.81 bits per heavy atom. The summed E-state index contributed by atoms with van der Waals surface area (Å²) in [4.78, 5) is 33.2. The summed E-state index contributed by atoms with van der Waals surface area (Å²) >= 11 is 0. The monoisotopic (exact) mass is 352 g/mol. The zero-order chi connectivity index (χ0) is 18.4. The number of aromatic nitrogens is 5. The van der Waals surface area contributed by atoms with Gasteiger partial charge in [0.05, 0.1) is 11.8 Å². The van der Waals surface area contributed by atoms with Crippen LogP contribution >= 0.6 is 0 Å². The smallest absolute Gasteiger partial charge is 0.278 e. The maximum Gasteiger partial charge on any atom is 0.278 e. The Kier molecular flexibility index (Phi) is 3.57. The molecule has 1 amide bonds. The van der Waals surface area contributed by atoms with E-state index in [0.717, 1.165) is 16.5 Å². The van der Waals surface area contributed by atoms with E-state index in [1.165, 1.54) is 10.9 Å². The third-order valence-electron chi connectivity index (χ3n) is 4.17. The van der Waals surface area contributed by atoms with Crippen molar-refractivity contribution in [2.45, 2.75) is 26.9 Å². The summed E-state index contributed by atoms with van der Waals surface area (Å²) in [5, 5.41) is 4.52. The third kappa shape index (κ3) is 2.53. The molecule has 3 aromatic heterocycles. The number of rotatable bonds is 4. The lowest BCUT2D eigenvalue weighted by Crippen LogP contribution is -2.25. The Balaban J connectivity index is 1.99. The molecule has 9 nitrogen and oxygen atoms in total. The average molecular weight is 352 g/mol. The highest BCUT2D eigenvalue weighted by atomic mass is 16.5. The molecule has 1 aromatic carbocycles. The topological polar surface area (TPSA) is 122 Å². The van der Waals surface area contributed by atoms with Crippen molar-refractivity contribution in [1.82, 2.24) is 24.3 Å². The molecule has 0 aliphatic carbocycles. The van der Waals surface area contributed by atoms with Crippen LogP contribution in [0.15, 0.2) is 33.8 Å². The van der Waals surface area contributed by atoms with Crippen LogP contribution in [-0.2, 0) is 17.9 Å². The summed E-state index contributed by atoms with van der Waals surface area (Å²) in [6.07, 6.45) is 1.45. The molecule has 3 heterocycles. The van der Waals surface area contributed by atoms with Crippen molar-refractivity contribution in [3.63, 3.8) is 0 Å². The molecule has 4 rings (SSSR count). The number of nitrogens with zero attached hydrogens (tertiary/aromatic N) is 5. The summed E-state index contributed by atoms with van der Waals surface area (Å²) in [7, 11) is 0. The fraction of sp³-hybridized carbons (Fsp3) is 0.235. The van der Waals surface area contributed by atoms with Gasteiger partial charge in [0.2, 0.25) is 11.8 Å². The first kappa shape index (κ1) is 16.0. The van der Waals surface area contributed by atoms with Gasteiger partial charge < -0.3 is 14.8 Å². The second-order valence-electron chi connectivity index (χ2n) is 6.18. The van der Waals surface area contributed by atoms with E-state index >= 15 is 0 Å². The number of benzene rings is 1. The molecule has 132 valence electrons. The number of hydrogen-bond acceptors (Lipinski definition) is 6. The molecule has 0 spiro atoms. The minimum absolute atomic E-state index is 0.0970. The Labute approximate surface area is 147 Å². The van der Waals surface area contributed by atoms with Crippen molar-refractivity contribution < 1.29 is 9.32 Å². The lowest BCUT2D eigenvalue weighted by atomic mass is 10.1. The van der Waals surface area contributed by atoms with Crippen molar-refractivity contribution in [3.8, 4) is 0 Å². The van der Waals surface area contributed by atoms with Gasteiger partial charge in [0, 0.05) is 5.39 Å². The molecular formula is C17H16N6O3. The number of primary amides is 1. The number of carbonyl (C=O) groups excluding carboxylic acids is 1. The van der Waals surface area contributed by atoms with Gasteiger partial charge in [0.25, 0.3) is 5.56 Å². The molecule has 0 atom stereocenters. The van der Waals surface area contributed by atoms with E-state index < -0.39 is 5.91 Å². The lowest BCUT2D eigenvalue weighted by Gasteiger charge is -2.06. The number of hydrogen-bond donors (Lipinski definition) is 1. The van der Waals surface area contributed by atoms with Crippen molar-refractivity contribution >= 4 is 27.8 Å². The van der Waals surface area contributed by atoms with Crippen LogP contribution in [0.5, 0.6) is 0 Å². The molecule has 0 fully saturated rings. The van der Waals surface area contributed by atoms with Crippen LogP contribution in [0.2, 0.25) is 0 Å². The largest absolute Gasteiger partial charge is 0.368 e. The highest BCUT2D eigenvalue weighted by Gasteiger charge is 2.18. The summed E-state index contributed by atoms with van der Waals surface area (Å²) < 4.78 is 8.06. The number of nitrogens with two attached hydrogens (primary N) is 1. The number of aryl methyl sites for hydroxylation is 2. The van der Waals surface area contributed by atoms with Crippen LogP contribution in [0.3, 0.4) is 0 Å². The third-order valence-corrected chi connectivity index (χ3v) is 4.17. The van der Waals surface area contributed by atoms with E-state index in [1.807, 2.05) is 25.1 Å². The molecule has 0 saturated heterocycles. The van der Waals surface area contributed by atoms with Gasteiger partial charge in [-0.15, -0.1) is 0 Å². The van der Waals surface area contributed by atoms with Gasteiger partial charge in [-0.05, 0) is 26.0 Å². The molecular weight excluding hydrogens is 336 g/mol. The van der Waals surface area contributed by atoms with E-state index in [1.54, 1.807) is 11.5 Å². The quantitative estimate of drug-likeness (QED) is 0.582. The van der Waals surface area contributed by atoms with E-state index in [-0.39, 0.29) is 18.6 Å². The van der Waals surface area contributed by atoms with Crippen molar-refractivity contribution in [2.24, 2.45) is 5.73 Å². The van der Waals surface area contributed by atoms with Crippen LogP contribution in [-0.4, -0.2) is 30.2 Å². The van der Waals surface area contributed by atoms with E-state index in [4.69, 9.17) is 10.3 Å². The molecule has 26 heavy (non-hydrogen) atoms. The van der Waals surface area contributed by atoms with E-state index in [9.17, 15) is 9.59 Å². The van der Waals surface area contributed by atoms with Gasteiger partial charge in [-0.3, -0.25) is 14.2 Å². The predicted molar refractivity (Wildman–Crippen MR) is 93.6 cm³/mol. The zero-order valence-electron chi connectivity index (χ0n) is 14.3. The molecule has 2 N–H and O–H groups in total. The normalized spacial score (nSPS) is 11.5. The summed E-state index contributed by atoms with van der Waals surface area (Å²) in [5.41, 5.74) is 7.71. The van der Waals surface area contributed by atoms with Gasteiger partial charge in [0.1, 0.15) is 24.1 Å². The molecule has 9 heteroatoms. The summed E-state index contributed by atoms with van der Waals surface area (Å²) in [5.74, 6) is 0.256. The number of carbonyl (C=O) groups is 1. The maximum absolute atomic E-state index is 13.1. The van der Waals surface area contributed by atoms with Gasteiger partial charge in [-0.1, -0.05) is 16.8 Å². The fourth-order valence-corrected chi connectivity index (χ4v) is 3.10. The Morgan fingerprint density at radius 1 is 1.31 bits per heavy atom. The molecule has 0 unspecified atom stereocenters. The molecule has 0 aliphatic rings. The maximum atomic E-state index is 13.1. The minimum Gasteiger partial charge on any atom is -0.368 e. The standard InChI is InChI=1S/C17H16N6O3/c1-9-3-4-12-11(5-9)15-16(23(12)6-13(18)24)17(25)22(8-19-15)7-14-20-10(2)21-26-14/h3-5,8H,6-7H2,1-2H3,(H2,18,24). The first-order valence-electron chi connectivity index (χ1n) is 7.99. The Morgan fingerprint density at radius 2 is 2.12 bits per heavy atom. The fourth-order valence-electron chi connectivity index (χ4n) is 3.10. The SMILES string of the molecule is Cc1ccc2c(c1)c1ncn(Cc3nc(C)no3)c(=O)c1n2CC(N)=O. The second kappa shape index (κ2) is 5.80. The first-order valence-corrected chi connectivity index (χ1v) is 7.99. The van der Waals surface area contributed by atoms with Crippen LogP contribution in [0.1, 0.15) is 17.3 Å². The number of fused-ring (bicyclic) bond motifs is 3. The number of amides is 1. The van der Waals surface area contributed by atoms with Crippen molar-refractivity contribution in [2.75, 3.05) is 0 Å². The average Bonchev–Trinajstić information content (AvgIpc) is 3.12. The Hall–Kier alpha value is -3.49. The molecule has 0 aliphatic heterocycles. The first-order chi connectivity index (χ1) is 12.4. The zero-order valence-corrected chi connectivity index (χ0v) is 14.3.